The van der Waals surface area contributed by atoms with Gasteiger partial charge in [-0.3, -0.25) is 4.79 Å². The minimum atomic E-state index is -1.96. The van der Waals surface area contributed by atoms with Gasteiger partial charge in [-0.2, -0.15) is 0 Å². The maximum Gasteiger partial charge on any atom is 0.305 e. The fourth-order valence-corrected chi connectivity index (χ4v) is 4.45. The standard InChI is InChI=1S/C22H42O7Si/c1-16(29-30(9,10)21(2,3)4)17(26-15-24-7)11-12-18-19(13-14-20(23)25-8)28-22(5,6)27-18/h11-12,16-19H,13-15H2,1-10H3/b12-11-/t16-,17+,18-,19+/m1/s1. The fraction of sp³-hybridized carbons (Fsp3) is 0.864. The summed E-state index contributed by atoms with van der Waals surface area (Å²) in [5.74, 6) is -0.981. The predicted molar refractivity (Wildman–Crippen MR) is 119 cm³/mol. The highest BCUT2D eigenvalue weighted by Crippen LogP contribution is 2.38. The first-order valence-corrected chi connectivity index (χ1v) is 13.5. The van der Waals surface area contributed by atoms with Crippen LogP contribution in [-0.2, 0) is 32.9 Å². The van der Waals surface area contributed by atoms with Crippen molar-refractivity contribution in [3.8, 4) is 0 Å². The highest BCUT2D eigenvalue weighted by Gasteiger charge is 2.41. The topological polar surface area (TPSA) is 72.5 Å². The lowest BCUT2D eigenvalue weighted by molar-refractivity contribution is -0.148. The molecular formula is C22H42O7Si. The van der Waals surface area contributed by atoms with E-state index < -0.39 is 14.1 Å². The van der Waals surface area contributed by atoms with Crippen molar-refractivity contribution in [1.82, 2.24) is 0 Å². The van der Waals surface area contributed by atoms with Crippen LogP contribution < -0.4 is 0 Å². The van der Waals surface area contributed by atoms with Crippen LogP contribution in [0.15, 0.2) is 12.2 Å². The van der Waals surface area contributed by atoms with Crippen molar-refractivity contribution in [2.75, 3.05) is 21.0 Å². The first-order valence-electron chi connectivity index (χ1n) is 10.6. The van der Waals surface area contributed by atoms with E-state index in [4.69, 9.17) is 28.1 Å². The van der Waals surface area contributed by atoms with Gasteiger partial charge in [0.2, 0.25) is 0 Å². The first kappa shape index (κ1) is 27.3. The van der Waals surface area contributed by atoms with Crippen LogP contribution in [0.25, 0.3) is 0 Å². The summed E-state index contributed by atoms with van der Waals surface area (Å²) in [4.78, 5) is 11.5. The van der Waals surface area contributed by atoms with Crippen molar-refractivity contribution in [3.05, 3.63) is 12.2 Å². The van der Waals surface area contributed by atoms with E-state index in [1.807, 2.05) is 32.9 Å². The summed E-state index contributed by atoms with van der Waals surface area (Å²) in [6, 6.07) is 0. The van der Waals surface area contributed by atoms with E-state index in [2.05, 4.69) is 33.9 Å². The molecule has 0 amide bonds. The molecule has 7 nitrogen and oxygen atoms in total. The third kappa shape index (κ3) is 8.40. The number of rotatable bonds is 11. The molecule has 0 saturated carbocycles. The van der Waals surface area contributed by atoms with E-state index in [9.17, 15) is 4.79 Å². The van der Waals surface area contributed by atoms with Gasteiger partial charge in [0.05, 0.1) is 19.3 Å². The Hall–Kier alpha value is -0.773. The average molecular weight is 447 g/mol. The molecule has 0 N–H and O–H groups in total. The highest BCUT2D eigenvalue weighted by atomic mass is 28.4. The van der Waals surface area contributed by atoms with Crippen molar-refractivity contribution >= 4 is 14.3 Å². The Balaban J connectivity index is 2.91. The first-order chi connectivity index (χ1) is 13.7. The maximum absolute atomic E-state index is 11.5. The molecule has 0 aromatic heterocycles. The zero-order valence-electron chi connectivity index (χ0n) is 20.4. The Morgan fingerprint density at radius 3 is 2.37 bits per heavy atom. The third-order valence-electron chi connectivity index (χ3n) is 5.70. The molecule has 0 bridgehead atoms. The summed E-state index contributed by atoms with van der Waals surface area (Å²) in [5.41, 5.74) is 0. The van der Waals surface area contributed by atoms with Crippen molar-refractivity contribution in [3.63, 3.8) is 0 Å². The van der Waals surface area contributed by atoms with Crippen LogP contribution in [0.3, 0.4) is 0 Å². The molecule has 8 heteroatoms. The van der Waals surface area contributed by atoms with E-state index >= 15 is 0 Å². The Labute approximate surface area is 183 Å². The van der Waals surface area contributed by atoms with E-state index in [0.29, 0.717) is 6.42 Å². The van der Waals surface area contributed by atoms with Crippen LogP contribution in [0.5, 0.6) is 0 Å². The zero-order valence-corrected chi connectivity index (χ0v) is 21.4. The number of ether oxygens (including phenoxy) is 5. The summed E-state index contributed by atoms with van der Waals surface area (Å²) in [7, 11) is 1.02. The van der Waals surface area contributed by atoms with Gasteiger partial charge in [0.15, 0.2) is 14.1 Å². The van der Waals surface area contributed by atoms with E-state index in [1.54, 1.807) is 7.11 Å². The second-order valence-electron chi connectivity index (χ2n) is 9.76. The van der Waals surface area contributed by atoms with Crippen LogP contribution >= 0.6 is 0 Å². The molecule has 0 aromatic carbocycles. The smallest absolute Gasteiger partial charge is 0.305 e. The molecule has 1 aliphatic rings. The van der Waals surface area contributed by atoms with Crippen molar-refractivity contribution in [2.45, 2.75) is 103 Å². The van der Waals surface area contributed by atoms with E-state index in [0.717, 1.165) is 0 Å². The fourth-order valence-electron chi connectivity index (χ4n) is 3.03. The van der Waals surface area contributed by atoms with Gasteiger partial charge in [0.1, 0.15) is 19.0 Å². The summed E-state index contributed by atoms with van der Waals surface area (Å²) in [6.45, 7) is 17.0. The largest absolute Gasteiger partial charge is 0.469 e. The lowest BCUT2D eigenvalue weighted by Gasteiger charge is -2.39. The molecule has 1 aliphatic heterocycles. The van der Waals surface area contributed by atoms with Crippen molar-refractivity contribution in [2.24, 2.45) is 0 Å². The van der Waals surface area contributed by atoms with Gasteiger partial charge >= 0.3 is 5.97 Å². The van der Waals surface area contributed by atoms with Gasteiger partial charge < -0.3 is 28.1 Å². The van der Waals surface area contributed by atoms with E-state index in [1.165, 1.54) is 7.11 Å². The van der Waals surface area contributed by atoms with Gasteiger partial charge in [0.25, 0.3) is 0 Å². The molecule has 30 heavy (non-hydrogen) atoms. The number of carbonyl (C=O) groups excluding carboxylic acids is 1. The molecule has 1 heterocycles. The molecule has 0 radical (unpaired) electrons. The summed E-state index contributed by atoms with van der Waals surface area (Å²) < 4.78 is 34.3. The molecule has 0 spiro atoms. The van der Waals surface area contributed by atoms with Crippen LogP contribution in [0.1, 0.15) is 54.4 Å². The second kappa shape index (κ2) is 11.2. The summed E-state index contributed by atoms with van der Waals surface area (Å²) in [5, 5.41) is 0.0994. The Morgan fingerprint density at radius 1 is 1.20 bits per heavy atom. The van der Waals surface area contributed by atoms with E-state index in [-0.39, 0.29) is 48.6 Å². The Morgan fingerprint density at radius 2 is 1.83 bits per heavy atom. The zero-order chi connectivity index (χ0) is 23.2. The Kier molecular flexibility index (Phi) is 10.2. The van der Waals surface area contributed by atoms with Gasteiger partial charge in [-0.25, -0.2) is 0 Å². The number of carbonyl (C=O) groups is 1. The predicted octanol–water partition coefficient (Wildman–Crippen LogP) is 4.42. The van der Waals surface area contributed by atoms with Crippen molar-refractivity contribution in [1.29, 1.82) is 0 Å². The molecule has 1 saturated heterocycles. The molecule has 1 rings (SSSR count). The van der Waals surface area contributed by atoms with Crippen LogP contribution in [0.4, 0.5) is 0 Å². The lowest BCUT2D eigenvalue weighted by atomic mass is 10.1. The van der Waals surface area contributed by atoms with Crippen LogP contribution in [0.2, 0.25) is 18.1 Å². The summed E-state index contributed by atoms with van der Waals surface area (Å²) >= 11 is 0. The normalized spacial score (nSPS) is 24.2. The number of hydrogen-bond donors (Lipinski definition) is 0. The molecular weight excluding hydrogens is 404 g/mol. The highest BCUT2D eigenvalue weighted by molar-refractivity contribution is 6.74. The minimum Gasteiger partial charge on any atom is -0.469 e. The number of hydrogen-bond acceptors (Lipinski definition) is 7. The minimum absolute atomic E-state index is 0.0994. The quantitative estimate of drug-likeness (QED) is 0.201. The molecule has 4 atom stereocenters. The molecule has 1 fully saturated rings. The molecule has 0 aromatic rings. The van der Waals surface area contributed by atoms with Gasteiger partial charge in [-0.15, -0.1) is 0 Å². The monoisotopic (exact) mass is 446 g/mol. The SMILES string of the molecule is COCO[C@@H](/C=C\[C@H]1OC(C)(C)O[C@H]1CCC(=O)OC)[C@@H](C)O[Si](C)(C)C(C)(C)C. The van der Waals surface area contributed by atoms with Gasteiger partial charge in [0, 0.05) is 13.5 Å². The number of esters is 1. The van der Waals surface area contributed by atoms with Crippen LogP contribution in [0, 0.1) is 0 Å². The van der Waals surface area contributed by atoms with Crippen LogP contribution in [-0.4, -0.2) is 65.5 Å². The maximum atomic E-state index is 11.5. The lowest BCUT2D eigenvalue weighted by Crippen LogP contribution is -2.46. The molecule has 0 unspecified atom stereocenters. The summed E-state index contributed by atoms with van der Waals surface area (Å²) in [6.07, 6.45) is 3.71. The third-order valence-corrected chi connectivity index (χ3v) is 10.3. The second-order valence-corrected chi connectivity index (χ2v) is 14.5. The Bertz CT molecular complexity index is 568. The average Bonchev–Trinajstić information content (AvgIpc) is 2.91. The molecule has 176 valence electrons. The van der Waals surface area contributed by atoms with Gasteiger partial charge in [-0.1, -0.05) is 32.9 Å². The van der Waals surface area contributed by atoms with Crippen molar-refractivity contribution < 1.29 is 32.9 Å². The number of methoxy groups -OCH3 is 2. The molecule has 0 aliphatic carbocycles. The van der Waals surface area contributed by atoms with Gasteiger partial charge in [-0.05, 0) is 45.3 Å².